The highest BCUT2D eigenvalue weighted by atomic mass is 35.5. The molecule has 114 valence electrons. The van der Waals surface area contributed by atoms with Crippen LogP contribution in [0.5, 0.6) is 0 Å². The maximum Gasteiger partial charge on any atom is 0.326 e. The predicted molar refractivity (Wildman–Crippen MR) is 84.2 cm³/mol. The van der Waals surface area contributed by atoms with E-state index in [0.717, 1.165) is 17.7 Å². The molecule has 1 aromatic carbocycles. The average Bonchev–Trinajstić information content (AvgIpc) is 2.47. The Hall–Kier alpha value is -0.910. The molecule has 2 rings (SSSR count). The fourth-order valence-electron chi connectivity index (χ4n) is 2.30. The van der Waals surface area contributed by atoms with Crippen molar-refractivity contribution in [3.05, 3.63) is 28.2 Å². The van der Waals surface area contributed by atoms with Crippen LogP contribution in [0.1, 0.15) is 19.3 Å². The molecule has 0 aromatic heterocycles. The predicted octanol–water partition coefficient (Wildman–Crippen LogP) is 3.55. The fraction of sp³-hybridized carbons (Fsp3) is 0.429. The summed E-state index contributed by atoms with van der Waals surface area (Å²) in [6.07, 6.45) is 2.20. The van der Waals surface area contributed by atoms with Gasteiger partial charge in [0.1, 0.15) is 6.04 Å². The zero-order chi connectivity index (χ0) is 15.4. The molecule has 1 aliphatic rings. The Balaban J connectivity index is 2.00. The molecule has 1 aliphatic heterocycles. The van der Waals surface area contributed by atoms with E-state index in [9.17, 15) is 14.7 Å². The average molecular weight is 348 g/mol. The summed E-state index contributed by atoms with van der Waals surface area (Å²) in [4.78, 5) is 25.6. The second-order valence-electron chi connectivity index (χ2n) is 4.80. The van der Waals surface area contributed by atoms with E-state index in [1.807, 2.05) is 0 Å². The third-order valence-electron chi connectivity index (χ3n) is 3.35. The topological polar surface area (TPSA) is 57.6 Å². The van der Waals surface area contributed by atoms with Gasteiger partial charge in [-0.3, -0.25) is 4.79 Å². The van der Waals surface area contributed by atoms with Gasteiger partial charge in [-0.25, -0.2) is 4.79 Å². The second-order valence-corrected chi connectivity index (χ2v) is 6.66. The third kappa shape index (κ3) is 4.28. The molecule has 1 saturated heterocycles. The molecule has 1 N–H and O–H groups in total. The molecule has 0 saturated carbocycles. The maximum atomic E-state index is 12.2. The van der Waals surface area contributed by atoms with Crippen LogP contribution in [0.25, 0.3) is 0 Å². The van der Waals surface area contributed by atoms with Crippen molar-refractivity contribution >= 4 is 46.8 Å². The van der Waals surface area contributed by atoms with Crippen molar-refractivity contribution in [3.63, 3.8) is 0 Å². The van der Waals surface area contributed by atoms with Crippen LogP contribution >= 0.6 is 35.0 Å². The number of hydrogen-bond donors (Lipinski definition) is 1. The minimum absolute atomic E-state index is 0.157. The van der Waals surface area contributed by atoms with E-state index in [4.69, 9.17) is 23.2 Å². The van der Waals surface area contributed by atoms with Crippen molar-refractivity contribution in [2.45, 2.75) is 30.2 Å². The number of thioether (sulfide) groups is 1. The quantitative estimate of drug-likeness (QED) is 0.846. The summed E-state index contributed by atoms with van der Waals surface area (Å²) in [5.41, 5.74) is 0. The van der Waals surface area contributed by atoms with Gasteiger partial charge in [0, 0.05) is 16.5 Å². The van der Waals surface area contributed by atoms with Crippen LogP contribution in [-0.4, -0.2) is 40.2 Å². The molecule has 1 atom stereocenters. The van der Waals surface area contributed by atoms with Crippen LogP contribution in [0.15, 0.2) is 23.1 Å². The molecule has 0 radical (unpaired) electrons. The lowest BCUT2D eigenvalue weighted by Crippen LogP contribution is -2.48. The summed E-state index contributed by atoms with van der Waals surface area (Å²) in [5, 5.41) is 10.3. The first kappa shape index (κ1) is 16.5. The summed E-state index contributed by atoms with van der Waals surface area (Å²) in [7, 11) is 0. The molecule has 1 aromatic rings. The van der Waals surface area contributed by atoms with Crippen molar-refractivity contribution in [1.29, 1.82) is 0 Å². The standard InChI is InChI=1S/C14H15Cl2NO3S/c15-9-4-5-10(16)12(7-9)21-8-13(18)17-6-2-1-3-11(17)14(19)20/h4-5,7,11H,1-3,6,8H2,(H,19,20). The van der Waals surface area contributed by atoms with E-state index in [0.29, 0.717) is 23.0 Å². The Bertz CT molecular complexity index is 553. The number of rotatable bonds is 4. The number of carboxylic acid groups (broad SMARTS) is 1. The molecule has 1 unspecified atom stereocenters. The van der Waals surface area contributed by atoms with E-state index in [2.05, 4.69) is 0 Å². The first-order chi connectivity index (χ1) is 9.99. The van der Waals surface area contributed by atoms with Gasteiger partial charge in [0.15, 0.2) is 0 Å². The van der Waals surface area contributed by atoms with Crippen molar-refractivity contribution in [2.75, 3.05) is 12.3 Å². The molecule has 1 amide bonds. The van der Waals surface area contributed by atoms with Gasteiger partial charge in [0.2, 0.25) is 5.91 Å². The van der Waals surface area contributed by atoms with Gasteiger partial charge in [-0.2, -0.15) is 0 Å². The number of halogens is 2. The largest absolute Gasteiger partial charge is 0.480 e. The molecular formula is C14H15Cl2NO3S. The SMILES string of the molecule is O=C(O)C1CCCCN1C(=O)CSc1cc(Cl)ccc1Cl. The summed E-state index contributed by atoms with van der Waals surface area (Å²) in [6, 6.07) is 4.35. The van der Waals surface area contributed by atoms with Crippen molar-refractivity contribution < 1.29 is 14.7 Å². The molecule has 1 fully saturated rings. The number of carboxylic acids is 1. The van der Waals surface area contributed by atoms with Crippen molar-refractivity contribution in [1.82, 2.24) is 4.90 Å². The molecular weight excluding hydrogens is 333 g/mol. The Labute approximate surface area is 137 Å². The van der Waals surface area contributed by atoms with Crippen molar-refractivity contribution in [3.8, 4) is 0 Å². The number of benzene rings is 1. The van der Waals surface area contributed by atoms with Gasteiger partial charge >= 0.3 is 5.97 Å². The lowest BCUT2D eigenvalue weighted by Gasteiger charge is -2.32. The van der Waals surface area contributed by atoms with Gasteiger partial charge in [-0.05, 0) is 37.5 Å². The minimum atomic E-state index is -0.936. The number of likely N-dealkylation sites (tertiary alicyclic amines) is 1. The summed E-state index contributed by atoms with van der Waals surface area (Å²) < 4.78 is 0. The minimum Gasteiger partial charge on any atom is -0.480 e. The van der Waals surface area contributed by atoms with Gasteiger partial charge in [-0.15, -0.1) is 11.8 Å². The smallest absolute Gasteiger partial charge is 0.326 e. The first-order valence-electron chi connectivity index (χ1n) is 6.59. The summed E-state index contributed by atoms with van der Waals surface area (Å²) in [6.45, 7) is 0.500. The highest BCUT2D eigenvalue weighted by Crippen LogP contribution is 2.30. The monoisotopic (exact) mass is 347 g/mol. The van der Waals surface area contributed by atoms with Gasteiger partial charge < -0.3 is 10.0 Å². The van der Waals surface area contributed by atoms with E-state index in [-0.39, 0.29) is 11.7 Å². The highest BCUT2D eigenvalue weighted by Gasteiger charge is 2.31. The molecule has 21 heavy (non-hydrogen) atoms. The Morgan fingerprint density at radius 1 is 1.33 bits per heavy atom. The fourth-order valence-corrected chi connectivity index (χ4v) is 3.68. The molecule has 0 bridgehead atoms. The molecule has 0 spiro atoms. The summed E-state index contributed by atoms with van der Waals surface area (Å²) in [5.74, 6) is -0.957. The number of amides is 1. The third-order valence-corrected chi connectivity index (χ3v) is 5.07. The Kier molecular flexibility index (Phi) is 5.79. The number of nitrogens with zero attached hydrogens (tertiary/aromatic N) is 1. The molecule has 0 aliphatic carbocycles. The van der Waals surface area contributed by atoms with E-state index < -0.39 is 12.0 Å². The van der Waals surface area contributed by atoms with Gasteiger partial charge in [0.25, 0.3) is 0 Å². The number of piperidine rings is 1. The van der Waals surface area contributed by atoms with Crippen LogP contribution in [0.3, 0.4) is 0 Å². The van der Waals surface area contributed by atoms with Crippen LogP contribution in [0, 0.1) is 0 Å². The van der Waals surface area contributed by atoms with E-state index in [1.165, 1.54) is 16.7 Å². The van der Waals surface area contributed by atoms with Crippen LogP contribution < -0.4 is 0 Å². The second kappa shape index (κ2) is 7.38. The van der Waals surface area contributed by atoms with Crippen LogP contribution in [-0.2, 0) is 9.59 Å². The zero-order valence-corrected chi connectivity index (χ0v) is 13.5. The number of carbonyl (C=O) groups is 2. The lowest BCUT2D eigenvalue weighted by molar-refractivity contribution is -0.150. The van der Waals surface area contributed by atoms with Gasteiger partial charge in [0.05, 0.1) is 10.8 Å². The van der Waals surface area contributed by atoms with Crippen molar-refractivity contribution in [2.24, 2.45) is 0 Å². The molecule has 7 heteroatoms. The van der Waals surface area contributed by atoms with E-state index in [1.54, 1.807) is 18.2 Å². The number of carbonyl (C=O) groups excluding carboxylic acids is 1. The molecule has 1 heterocycles. The molecule has 4 nitrogen and oxygen atoms in total. The Morgan fingerprint density at radius 2 is 2.10 bits per heavy atom. The Morgan fingerprint density at radius 3 is 2.81 bits per heavy atom. The zero-order valence-electron chi connectivity index (χ0n) is 11.2. The normalized spacial score (nSPS) is 18.6. The number of aliphatic carboxylic acids is 1. The summed E-state index contributed by atoms with van der Waals surface area (Å²) >= 11 is 13.2. The van der Waals surface area contributed by atoms with Crippen LogP contribution in [0.2, 0.25) is 10.0 Å². The maximum absolute atomic E-state index is 12.2. The number of hydrogen-bond acceptors (Lipinski definition) is 3. The van der Waals surface area contributed by atoms with Gasteiger partial charge in [-0.1, -0.05) is 23.2 Å². The highest BCUT2D eigenvalue weighted by molar-refractivity contribution is 8.00. The first-order valence-corrected chi connectivity index (χ1v) is 8.33. The van der Waals surface area contributed by atoms with E-state index >= 15 is 0 Å². The van der Waals surface area contributed by atoms with Crippen LogP contribution in [0.4, 0.5) is 0 Å². The lowest BCUT2D eigenvalue weighted by atomic mass is 10.0.